The summed E-state index contributed by atoms with van der Waals surface area (Å²) in [6, 6.07) is -1.65. The van der Waals surface area contributed by atoms with Gasteiger partial charge in [0.15, 0.2) is 0 Å². The van der Waals surface area contributed by atoms with E-state index in [0.717, 1.165) is 0 Å². The van der Waals surface area contributed by atoms with Gasteiger partial charge in [0, 0.05) is 12.6 Å². The monoisotopic (exact) mass is 212 g/mol. The fraction of sp³-hybridized carbons (Fsp3) is 1.00. The molecule has 0 aliphatic rings. The summed E-state index contributed by atoms with van der Waals surface area (Å²) in [5.41, 5.74) is 5.17. The normalized spacial score (nSPS) is 15.2. The molecule has 1 unspecified atom stereocenters. The van der Waals surface area contributed by atoms with Crippen LogP contribution >= 0.6 is 0 Å². The van der Waals surface area contributed by atoms with Crippen LogP contribution in [0.15, 0.2) is 0 Å². The third kappa shape index (κ3) is 3.84. The maximum Gasteiger partial charge on any atom is 0.405 e. The lowest BCUT2D eigenvalue weighted by Gasteiger charge is -2.35. The van der Waals surface area contributed by atoms with Crippen LogP contribution in [0.1, 0.15) is 27.2 Å². The minimum absolute atomic E-state index is 0.134. The van der Waals surface area contributed by atoms with Gasteiger partial charge >= 0.3 is 6.18 Å². The van der Waals surface area contributed by atoms with Crippen LogP contribution in [0.4, 0.5) is 13.2 Å². The highest BCUT2D eigenvalue weighted by Crippen LogP contribution is 2.25. The maximum absolute atomic E-state index is 12.5. The van der Waals surface area contributed by atoms with E-state index in [1.165, 1.54) is 4.90 Å². The average Bonchev–Trinajstić information content (AvgIpc) is 2.01. The molecule has 0 aromatic rings. The Labute approximate surface area is 83.3 Å². The first kappa shape index (κ1) is 13.7. The van der Waals surface area contributed by atoms with Gasteiger partial charge < -0.3 is 5.73 Å². The topological polar surface area (TPSA) is 29.3 Å². The van der Waals surface area contributed by atoms with Crippen LogP contribution in [0, 0.1) is 0 Å². The Morgan fingerprint density at radius 3 is 2.00 bits per heavy atom. The van der Waals surface area contributed by atoms with Crippen LogP contribution in [-0.4, -0.2) is 36.2 Å². The summed E-state index contributed by atoms with van der Waals surface area (Å²) in [6.07, 6.45) is -3.53. The maximum atomic E-state index is 12.5. The van der Waals surface area contributed by atoms with Gasteiger partial charge in [-0.15, -0.1) is 0 Å². The molecule has 0 aromatic heterocycles. The molecule has 2 N–H and O–H groups in total. The van der Waals surface area contributed by atoms with Crippen LogP contribution in [0.25, 0.3) is 0 Å². The summed E-state index contributed by atoms with van der Waals surface area (Å²) >= 11 is 0. The molecule has 0 fully saturated rings. The van der Waals surface area contributed by atoms with Crippen LogP contribution in [0.2, 0.25) is 0 Å². The first-order chi connectivity index (χ1) is 6.34. The summed E-state index contributed by atoms with van der Waals surface area (Å²) in [5, 5.41) is 0. The van der Waals surface area contributed by atoms with Crippen molar-refractivity contribution in [3.8, 4) is 0 Å². The molecule has 0 saturated carbocycles. The first-order valence-electron chi connectivity index (χ1n) is 4.87. The summed E-state index contributed by atoms with van der Waals surface area (Å²) in [5.74, 6) is 0. The lowest BCUT2D eigenvalue weighted by Crippen LogP contribution is -2.53. The second kappa shape index (κ2) is 5.56. The van der Waals surface area contributed by atoms with Crippen molar-refractivity contribution in [1.82, 2.24) is 4.90 Å². The van der Waals surface area contributed by atoms with E-state index in [-0.39, 0.29) is 12.6 Å². The van der Waals surface area contributed by atoms with Gasteiger partial charge in [-0.3, -0.25) is 4.90 Å². The van der Waals surface area contributed by atoms with Crippen molar-refractivity contribution < 1.29 is 13.2 Å². The Bertz CT molecular complexity index is 157. The number of rotatable bonds is 5. The molecule has 0 radical (unpaired) electrons. The number of halogens is 3. The van der Waals surface area contributed by atoms with E-state index in [1.807, 2.05) is 6.92 Å². The van der Waals surface area contributed by atoms with Crippen LogP contribution < -0.4 is 5.73 Å². The Kier molecular flexibility index (Phi) is 5.44. The molecular formula is C9H19F3N2. The quantitative estimate of drug-likeness (QED) is 0.755. The van der Waals surface area contributed by atoms with E-state index < -0.39 is 12.2 Å². The standard InChI is InChI=1S/C9H19F3N2/c1-4-5-14(7(2)3)8(6-13)9(10,11)12/h7-8H,4-6,13H2,1-3H3. The summed E-state index contributed by atoms with van der Waals surface area (Å²) in [7, 11) is 0. The molecule has 0 aromatic carbocycles. The molecule has 0 aliphatic carbocycles. The molecule has 86 valence electrons. The molecule has 14 heavy (non-hydrogen) atoms. The molecular weight excluding hydrogens is 193 g/mol. The second-order valence-corrected chi connectivity index (χ2v) is 3.62. The number of alkyl halides is 3. The van der Waals surface area contributed by atoms with Crippen LogP contribution in [0.5, 0.6) is 0 Å². The zero-order chi connectivity index (χ0) is 11.4. The fourth-order valence-corrected chi connectivity index (χ4v) is 1.49. The van der Waals surface area contributed by atoms with Gasteiger partial charge in [0.1, 0.15) is 6.04 Å². The molecule has 0 rings (SSSR count). The van der Waals surface area contributed by atoms with Crippen molar-refractivity contribution in [3.05, 3.63) is 0 Å². The molecule has 0 amide bonds. The first-order valence-corrected chi connectivity index (χ1v) is 4.87. The molecule has 0 spiro atoms. The van der Waals surface area contributed by atoms with E-state index in [2.05, 4.69) is 0 Å². The summed E-state index contributed by atoms with van der Waals surface area (Å²) < 4.78 is 37.6. The molecule has 0 bridgehead atoms. The Hall–Kier alpha value is -0.290. The van der Waals surface area contributed by atoms with Crippen molar-refractivity contribution in [1.29, 1.82) is 0 Å². The van der Waals surface area contributed by atoms with Gasteiger partial charge in [-0.25, -0.2) is 0 Å². The van der Waals surface area contributed by atoms with Crippen molar-refractivity contribution in [2.75, 3.05) is 13.1 Å². The molecule has 0 heterocycles. The van der Waals surface area contributed by atoms with E-state index in [1.54, 1.807) is 13.8 Å². The minimum Gasteiger partial charge on any atom is -0.329 e. The third-order valence-electron chi connectivity index (χ3n) is 2.15. The third-order valence-corrected chi connectivity index (χ3v) is 2.15. The number of hydrogen-bond donors (Lipinski definition) is 1. The van der Waals surface area contributed by atoms with Gasteiger partial charge in [0.05, 0.1) is 0 Å². The van der Waals surface area contributed by atoms with Gasteiger partial charge in [-0.1, -0.05) is 6.92 Å². The van der Waals surface area contributed by atoms with Gasteiger partial charge in [-0.05, 0) is 26.8 Å². The van der Waals surface area contributed by atoms with Crippen molar-refractivity contribution >= 4 is 0 Å². The van der Waals surface area contributed by atoms with Crippen molar-refractivity contribution in [2.45, 2.75) is 45.5 Å². The Morgan fingerprint density at radius 2 is 1.79 bits per heavy atom. The second-order valence-electron chi connectivity index (χ2n) is 3.62. The predicted molar refractivity (Wildman–Crippen MR) is 51.0 cm³/mol. The fourth-order valence-electron chi connectivity index (χ4n) is 1.49. The van der Waals surface area contributed by atoms with Gasteiger partial charge in [-0.2, -0.15) is 13.2 Å². The zero-order valence-electron chi connectivity index (χ0n) is 8.93. The van der Waals surface area contributed by atoms with E-state index in [9.17, 15) is 13.2 Å². The van der Waals surface area contributed by atoms with Gasteiger partial charge in [0.2, 0.25) is 0 Å². The molecule has 5 heteroatoms. The van der Waals surface area contributed by atoms with Crippen LogP contribution in [-0.2, 0) is 0 Å². The van der Waals surface area contributed by atoms with E-state index >= 15 is 0 Å². The van der Waals surface area contributed by atoms with E-state index in [0.29, 0.717) is 13.0 Å². The van der Waals surface area contributed by atoms with Gasteiger partial charge in [0.25, 0.3) is 0 Å². The number of nitrogens with two attached hydrogens (primary N) is 1. The summed E-state index contributed by atoms with van der Waals surface area (Å²) in [4.78, 5) is 1.40. The number of nitrogens with zero attached hydrogens (tertiary/aromatic N) is 1. The zero-order valence-corrected chi connectivity index (χ0v) is 8.93. The lowest BCUT2D eigenvalue weighted by molar-refractivity contribution is -0.185. The highest BCUT2D eigenvalue weighted by molar-refractivity contribution is 4.81. The highest BCUT2D eigenvalue weighted by atomic mass is 19.4. The molecule has 2 nitrogen and oxygen atoms in total. The lowest BCUT2D eigenvalue weighted by atomic mass is 10.1. The van der Waals surface area contributed by atoms with Crippen molar-refractivity contribution in [2.24, 2.45) is 5.73 Å². The number of hydrogen-bond acceptors (Lipinski definition) is 2. The van der Waals surface area contributed by atoms with Crippen LogP contribution in [0.3, 0.4) is 0 Å². The van der Waals surface area contributed by atoms with Crippen molar-refractivity contribution in [3.63, 3.8) is 0 Å². The molecule has 0 aliphatic heterocycles. The largest absolute Gasteiger partial charge is 0.405 e. The smallest absolute Gasteiger partial charge is 0.329 e. The highest BCUT2D eigenvalue weighted by Gasteiger charge is 2.42. The minimum atomic E-state index is -4.23. The molecule has 1 atom stereocenters. The predicted octanol–water partition coefficient (Wildman–Crippen LogP) is 2.00. The van der Waals surface area contributed by atoms with E-state index in [4.69, 9.17) is 5.73 Å². The average molecular weight is 212 g/mol. The molecule has 0 saturated heterocycles. The summed E-state index contributed by atoms with van der Waals surface area (Å²) in [6.45, 7) is 5.42. The Morgan fingerprint density at radius 1 is 1.29 bits per heavy atom. The SMILES string of the molecule is CCCN(C(C)C)C(CN)C(F)(F)F. The Balaban J connectivity index is 4.58.